The first-order valence-corrected chi connectivity index (χ1v) is 11.1. The van der Waals surface area contributed by atoms with Crippen molar-refractivity contribution in [2.75, 3.05) is 31.8 Å². The van der Waals surface area contributed by atoms with Gasteiger partial charge in [0.1, 0.15) is 5.82 Å². The number of hydrogen-bond acceptors (Lipinski definition) is 5. The Bertz CT molecular complexity index is 996. The maximum Gasteiger partial charge on any atom is 0.233 e. The van der Waals surface area contributed by atoms with Gasteiger partial charge in [0.2, 0.25) is 5.91 Å². The molecule has 0 atom stereocenters. The molecule has 0 saturated heterocycles. The summed E-state index contributed by atoms with van der Waals surface area (Å²) in [4.78, 5) is 16.6. The summed E-state index contributed by atoms with van der Waals surface area (Å²) in [5.74, 6) is 1.90. The Labute approximate surface area is 181 Å². The van der Waals surface area contributed by atoms with Gasteiger partial charge >= 0.3 is 0 Å². The van der Waals surface area contributed by atoms with Gasteiger partial charge in [0, 0.05) is 45.0 Å². The minimum atomic E-state index is 0.0762. The molecule has 0 spiro atoms. The second-order valence-electron chi connectivity index (χ2n) is 7.89. The molecule has 1 aliphatic carbocycles. The van der Waals surface area contributed by atoms with Crippen molar-refractivity contribution in [3.63, 3.8) is 0 Å². The van der Waals surface area contributed by atoms with Crippen molar-refractivity contribution >= 4 is 23.4 Å². The molecule has 1 aliphatic rings. The number of rotatable bonds is 8. The number of anilines is 1. The van der Waals surface area contributed by atoms with Crippen molar-refractivity contribution in [3.05, 3.63) is 66.0 Å². The fourth-order valence-electron chi connectivity index (χ4n) is 3.30. The van der Waals surface area contributed by atoms with Crippen LogP contribution in [-0.4, -0.2) is 52.5 Å². The Kier molecular flexibility index (Phi) is 6.08. The lowest BCUT2D eigenvalue weighted by Gasteiger charge is -2.18. The molecular formula is C23H27N5OS. The molecule has 6 nitrogen and oxygen atoms in total. The number of amides is 1. The number of para-hydroxylation sites is 1. The van der Waals surface area contributed by atoms with Crippen molar-refractivity contribution in [2.45, 2.75) is 30.5 Å². The zero-order chi connectivity index (χ0) is 21.1. The van der Waals surface area contributed by atoms with Gasteiger partial charge in [0.05, 0.1) is 5.75 Å². The van der Waals surface area contributed by atoms with Crippen LogP contribution in [0.3, 0.4) is 0 Å². The van der Waals surface area contributed by atoms with Crippen LogP contribution >= 0.6 is 11.8 Å². The molecule has 0 bridgehead atoms. The van der Waals surface area contributed by atoms with Crippen molar-refractivity contribution in [2.24, 2.45) is 0 Å². The second kappa shape index (κ2) is 8.92. The van der Waals surface area contributed by atoms with Crippen molar-refractivity contribution in [1.29, 1.82) is 0 Å². The van der Waals surface area contributed by atoms with E-state index >= 15 is 0 Å². The normalized spacial score (nSPS) is 13.3. The minimum Gasteiger partial charge on any atom is -0.378 e. The molecule has 0 N–H and O–H groups in total. The molecule has 30 heavy (non-hydrogen) atoms. The molecule has 0 unspecified atom stereocenters. The Morgan fingerprint density at radius 1 is 1.03 bits per heavy atom. The van der Waals surface area contributed by atoms with Crippen LogP contribution in [-0.2, 0) is 11.3 Å². The van der Waals surface area contributed by atoms with Gasteiger partial charge in [-0.2, -0.15) is 0 Å². The minimum absolute atomic E-state index is 0.0762. The molecule has 0 radical (unpaired) electrons. The third kappa shape index (κ3) is 4.67. The Morgan fingerprint density at radius 2 is 1.73 bits per heavy atom. The van der Waals surface area contributed by atoms with Crippen LogP contribution in [0.25, 0.3) is 5.69 Å². The summed E-state index contributed by atoms with van der Waals surface area (Å²) < 4.78 is 2.11. The van der Waals surface area contributed by atoms with E-state index in [1.165, 1.54) is 11.8 Å². The molecular weight excluding hydrogens is 394 g/mol. The van der Waals surface area contributed by atoms with Crippen molar-refractivity contribution in [1.82, 2.24) is 19.7 Å². The average Bonchev–Trinajstić information content (AvgIpc) is 3.52. The van der Waals surface area contributed by atoms with Crippen LogP contribution in [0.15, 0.2) is 59.8 Å². The van der Waals surface area contributed by atoms with Crippen LogP contribution in [0.5, 0.6) is 0 Å². The summed E-state index contributed by atoms with van der Waals surface area (Å²) in [6, 6.07) is 18.4. The first-order valence-electron chi connectivity index (χ1n) is 10.2. The lowest BCUT2D eigenvalue weighted by Crippen LogP contribution is -2.28. The highest BCUT2D eigenvalue weighted by Gasteiger charge is 2.31. The van der Waals surface area contributed by atoms with Crippen LogP contribution in [0, 0.1) is 0 Å². The number of carbonyl (C=O) groups excluding carboxylic acids is 1. The van der Waals surface area contributed by atoms with Crippen LogP contribution in [0.4, 0.5) is 5.69 Å². The molecule has 156 valence electrons. The van der Waals surface area contributed by atoms with E-state index < -0.39 is 0 Å². The lowest BCUT2D eigenvalue weighted by molar-refractivity contribution is -0.127. The molecule has 1 saturated carbocycles. The average molecular weight is 422 g/mol. The smallest absolute Gasteiger partial charge is 0.233 e. The quantitative estimate of drug-likeness (QED) is 0.515. The van der Waals surface area contributed by atoms with Gasteiger partial charge in [-0.05, 0) is 42.7 Å². The molecule has 2 aromatic carbocycles. The van der Waals surface area contributed by atoms with Gasteiger partial charge in [0.15, 0.2) is 5.16 Å². The third-order valence-electron chi connectivity index (χ3n) is 5.24. The zero-order valence-corrected chi connectivity index (χ0v) is 18.5. The topological polar surface area (TPSA) is 54.3 Å². The number of carbonyl (C=O) groups is 1. The fraction of sp³-hybridized carbons (Fsp3) is 0.348. The van der Waals surface area contributed by atoms with E-state index in [-0.39, 0.29) is 5.91 Å². The van der Waals surface area contributed by atoms with Crippen LogP contribution < -0.4 is 4.90 Å². The van der Waals surface area contributed by atoms with Crippen LogP contribution in [0.1, 0.15) is 30.1 Å². The highest BCUT2D eigenvalue weighted by Crippen LogP contribution is 2.41. The largest absolute Gasteiger partial charge is 0.378 e. The summed E-state index contributed by atoms with van der Waals surface area (Å²) >= 11 is 1.45. The van der Waals surface area contributed by atoms with Gasteiger partial charge in [-0.25, -0.2) is 0 Å². The number of thioether (sulfide) groups is 1. The van der Waals surface area contributed by atoms with Gasteiger partial charge in [-0.15, -0.1) is 10.2 Å². The van der Waals surface area contributed by atoms with E-state index in [1.54, 1.807) is 4.90 Å². The highest BCUT2D eigenvalue weighted by molar-refractivity contribution is 7.99. The first-order chi connectivity index (χ1) is 14.5. The zero-order valence-electron chi connectivity index (χ0n) is 17.7. The molecule has 7 heteroatoms. The molecule has 0 aliphatic heterocycles. The van der Waals surface area contributed by atoms with Crippen molar-refractivity contribution < 1.29 is 4.79 Å². The maximum atomic E-state index is 12.7. The predicted molar refractivity (Wildman–Crippen MR) is 121 cm³/mol. The number of benzene rings is 2. The first kappa shape index (κ1) is 20.5. The van der Waals surface area contributed by atoms with E-state index in [9.17, 15) is 4.79 Å². The van der Waals surface area contributed by atoms with Gasteiger partial charge in [-0.1, -0.05) is 42.1 Å². The third-order valence-corrected chi connectivity index (χ3v) is 6.15. The van der Waals surface area contributed by atoms with Crippen LogP contribution in [0.2, 0.25) is 0 Å². The number of nitrogens with zero attached hydrogens (tertiary/aromatic N) is 5. The van der Waals surface area contributed by atoms with E-state index in [0.29, 0.717) is 18.2 Å². The van der Waals surface area contributed by atoms with E-state index in [1.807, 2.05) is 39.3 Å². The summed E-state index contributed by atoms with van der Waals surface area (Å²) in [5.41, 5.74) is 3.31. The molecule has 1 aromatic heterocycles. The van der Waals surface area contributed by atoms with E-state index in [2.05, 4.69) is 56.1 Å². The predicted octanol–water partition coefficient (Wildman–Crippen LogP) is 3.96. The number of aromatic nitrogens is 3. The van der Waals surface area contributed by atoms with Gasteiger partial charge < -0.3 is 9.80 Å². The highest BCUT2D eigenvalue weighted by atomic mass is 32.2. The monoisotopic (exact) mass is 421 g/mol. The molecule has 1 fully saturated rings. The van der Waals surface area contributed by atoms with Crippen molar-refractivity contribution in [3.8, 4) is 5.69 Å². The summed E-state index contributed by atoms with van der Waals surface area (Å²) in [6.07, 6.45) is 2.31. The standard InChI is InChI=1S/C23H27N5OS/c1-26(2)19-13-9-17(10-14-19)15-27(3)21(29)16-30-23-25-24-22(18-11-12-18)28(23)20-7-5-4-6-8-20/h4-10,13-14,18H,11-12,15-16H2,1-3H3. The SMILES string of the molecule is CN(Cc1ccc(N(C)C)cc1)C(=O)CSc1nnc(C2CC2)n1-c1ccccc1. The fourth-order valence-corrected chi connectivity index (χ4v) is 4.20. The van der Waals surface area contributed by atoms with Gasteiger partial charge in [-0.3, -0.25) is 9.36 Å². The molecule has 4 rings (SSSR count). The summed E-state index contributed by atoms with van der Waals surface area (Å²) in [6.45, 7) is 0.589. The summed E-state index contributed by atoms with van der Waals surface area (Å²) in [7, 11) is 5.88. The summed E-state index contributed by atoms with van der Waals surface area (Å²) in [5, 5.41) is 9.60. The lowest BCUT2D eigenvalue weighted by atomic mass is 10.2. The van der Waals surface area contributed by atoms with Gasteiger partial charge in [0.25, 0.3) is 0 Å². The Morgan fingerprint density at radius 3 is 2.37 bits per heavy atom. The second-order valence-corrected chi connectivity index (χ2v) is 8.83. The van der Waals surface area contributed by atoms with E-state index in [0.717, 1.165) is 40.8 Å². The molecule has 1 amide bonds. The Hall–Kier alpha value is -2.80. The number of hydrogen-bond donors (Lipinski definition) is 0. The Balaban J connectivity index is 1.41. The molecule has 1 heterocycles. The van der Waals surface area contributed by atoms with E-state index in [4.69, 9.17) is 0 Å². The molecule has 3 aromatic rings. The maximum absolute atomic E-state index is 12.7.